The fourth-order valence-electron chi connectivity index (χ4n) is 3.01. The number of piperidine rings is 1. The first-order valence-corrected chi connectivity index (χ1v) is 6.85. The molecule has 104 valence electrons. The van der Waals surface area contributed by atoms with Gasteiger partial charge < -0.3 is 20.3 Å². The molecule has 0 radical (unpaired) electrons. The summed E-state index contributed by atoms with van der Waals surface area (Å²) in [6.07, 6.45) is 2.80. The van der Waals surface area contributed by atoms with Gasteiger partial charge in [-0.2, -0.15) is 0 Å². The Hall–Kier alpha value is -0.650. The second-order valence-electron chi connectivity index (χ2n) is 5.68. The van der Waals surface area contributed by atoms with Crippen molar-refractivity contribution in [2.45, 2.75) is 25.3 Å². The molecule has 2 aliphatic rings. The summed E-state index contributed by atoms with van der Waals surface area (Å²) < 4.78 is 5.29. The minimum atomic E-state index is -0.318. The van der Waals surface area contributed by atoms with Crippen LogP contribution < -0.4 is 10.6 Å². The highest BCUT2D eigenvalue weighted by molar-refractivity contribution is 5.83. The van der Waals surface area contributed by atoms with Crippen LogP contribution in [0.3, 0.4) is 0 Å². The highest BCUT2D eigenvalue weighted by Gasteiger charge is 2.40. The van der Waals surface area contributed by atoms with Crippen molar-refractivity contribution in [3.63, 3.8) is 0 Å². The van der Waals surface area contributed by atoms with E-state index >= 15 is 0 Å². The van der Waals surface area contributed by atoms with Crippen molar-refractivity contribution in [3.8, 4) is 0 Å². The van der Waals surface area contributed by atoms with E-state index in [1.54, 1.807) is 7.11 Å². The summed E-state index contributed by atoms with van der Waals surface area (Å²) in [5, 5.41) is 6.53. The van der Waals surface area contributed by atoms with Crippen LogP contribution in [-0.4, -0.2) is 63.8 Å². The third-order valence-electron chi connectivity index (χ3n) is 4.19. The molecule has 2 saturated heterocycles. The molecule has 0 aromatic rings. The lowest BCUT2D eigenvalue weighted by Crippen LogP contribution is -2.52. The van der Waals surface area contributed by atoms with Crippen LogP contribution in [0.15, 0.2) is 0 Å². The van der Waals surface area contributed by atoms with Crippen LogP contribution in [0.25, 0.3) is 0 Å². The molecule has 2 aliphatic heterocycles. The quantitative estimate of drug-likeness (QED) is 0.732. The number of hydrogen-bond acceptors (Lipinski definition) is 4. The Morgan fingerprint density at radius 2 is 2.22 bits per heavy atom. The van der Waals surface area contributed by atoms with Gasteiger partial charge in [-0.3, -0.25) is 4.79 Å². The first kappa shape index (κ1) is 13.8. The largest absolute Gasteiger partial charge is 0.384 e. The van der Waals surface area contributed by atoms with Crippen LogP contribution in [0.4, 0.5) is 0 Å². The van der Waals surface area contributed by atoms with Crippen molar-refractivity contribution in [1.82, 2.24) is 15.5 Å². The van der Waals surface area contributed by atoms with Crippen LogP contribution in [0.5, 0.6) is 0 Å². The van der Waals surface area contributed by atoms with Gasteiger partial charge in [0.25, 0.3) is 0 Å². The molecular weight excluding hydrogens is 230 g/mol. The lowest BCUT2D eigenvalue weighted by atomic mass is 9.78. The van der Waals surface area contributed by atoms with E-state index in [2.05, 4.69) is 22.6 Å². The number of ether oxygens (including phenoxy) is 1. The smallest absolute Gasteiger partial charge is 0.228 e. The Kier molecular flexibility index (Phi) is 4.59. The number of likely N-dealkylation sites (N-methyl/N-ethyl adjacent to an activating group) is 1. The molecule has 0 aromatic carbocycles. The van der Waals surface area contributed by atoms with Crippen molar-refractivity contribution >= 4 is 5.91 Å². The molecule has 0 bridgehead atoms. The van der Waals surface area contributed by atoms with Crippen LogP contribution in [0.2, 0.25) is 0 Å². The zero-order chi connectivity index (χ0) is 13.0. The zero-order valence-corrected chi connectivity index (χ0v) is 11.5. The summed E-state index contributed by atoms with van der Waals surface area (Å²) in [7, 11) is 3.78. The van der Waals surface area contributed by atoms with Crippen molar-refractivity contribution < 1.29 is 9.53 Å². The van der Waals surface area contributed by atoms with Gasteiger partial charge in [-0.1, -0.05) is 0 Å². The Labute approximate surface area is 109 Å². The second kappa shape index (κ2) is 5.99. The summed E-state index contributed by atoms with van der Waals surface area (Å²) >= 11 is 0. The summed E-state index contributed by atoms with van der Waals surface area (Å²) in [4.78, 5) is 14.8. The number of hydrogen-bond donors (Lipinski definition) is 2. The molecular formula is C13H25N3O2. The molecule has 5 heteroatoms. The van der Waals surface area contributed by atoms with Crippen LogP contribution in [0.1, 0.15) is 19.3 Å². The molecule has 2 heterocycles. The van der Waals surface area contributed by atoms with Crippen molar-refractivity contribution in [3.05, 3.63) is 0 Å². The molecule has 2 rings (SSSR count). The molecule has 0 spiro atoms. The lowest BCUT2D eigenvalue weighted by Gasteiger charge is -2.36. The van der Waals surface area contributed by atoms with E-state index in [1.165, 1.54) is 0 Å². The van der Waals surface area contributed by atoms with Crippen molar-refractivity contribution in [2.24, 2.45) is 5.41 Å². The van der Waals surface area contributed by atoms with E-state index < -0.39 is 0 Å². The molecule has 0 aliphatic carbocycles. The van der Waals surface area contributed by atoms with E-state index in [0.717, 1.165) is 45.4 Å². The Balaban J connectivity index is 1.95. The molecule has 1 atom stereocenters. The van der Waals surface area contributed by atoms with E-state index in [0.29, 0.717) is 12.6 Å². The Morgan fingerprint density at radius 3 is 2.78 bits per heavy atom. The highest BCUT2D eigenvalue weighted by atomic mass is 16.5. The summed E-state index contributed by atoms with van der Waals surface area (Å²) in [6, 6.07) is 0.311. The van der Waals surface area contributed by atoms with Gasteiger partial charge in [-0.05, 0) is 45.9 Å². The molecule has 5 nitrogen and oxygen atoms in total. The normalized spacial score (nSPS) is 28.2. The molecule has 0 aromatic heterocycles. The highest BCUT2D eigenvalue weighted by Crippen LogP contribution is 2.29. The van der Waals surface area contributed by atoms with Crippen LogP contribution in [-0.2, 0) is 9.53 Å². The van der Waals surface area contributed by atoms with Crippen LogP contribution >= 0.6 is 0 Å². The van der Waals surface area contributed by atoms with E-state index in [4.69, 9.17) is 4.74 Å². The third-order valence-corrected chi connectivity index (χ3v) is 4.19. The molecule has 2 fully saturated rings. The predicted octanol–water partition coefficient (Wildman–Crippen LogP) is -0.177. The monoisotopic (exact) mass is 255 g/mol. The number of carbonyl (C=O) groups is 1. The minimum absolute atomic E-state index is 0.186. The molecule has 0 saturated carbocycles. The van der Waals surface area contributed by atoms with Gasteiger partial charge in [0.2, 0.25) is 5.91 Å². The molecule has 2 N–H and O–H groups in total. The van der Waals surface area contributed by atoms with Crippen molar-refractivity contribution in [2.75, 3.05) is 46.9 Å². The van der Waals surface area contributed by atoms with Crippen molar-refractivity contribution in [1.29, 1.82) is 0 Å². The van der Waals surface area contributed by atoms with Gasteiger partial charge in [0.05, 0.1) is 12.0 Å². The number of amides is 1. The predicted molar refractivity (Wildman–Crippen MR) is 70.5 cm³/mol. The molecule has 1 amide bonds. The summed E-state index contributed by atoms with van der Waals surface area (Å²) in [5.41, 5.74) is -0.318. The van der Waals surface area contributed by atoms with Gasteiger partial charge in [-0.15, -0.1) is 0 Å². The van der Waals surface area contributed by atoms with E-state index in [1.807, 2.05) is 0 Å². The van der Waals surface area contributed by atoms with Gasteiger partial charge in [0.15, 0.2) is 0 Å². The minimum Gasteiger partial charge on any atom is -0.384 e. The fourth-order valence-corrected chi connectivity index (χ4v) is 3.01. The topological polar surface area (TPSA) is 53.6 Å². The maximum absolute atomic E-state index is 12.5. The number of carbonyl (C=O) groups excluding carboxylic acids is 1. The number of methoxy groups -OCH3 is 1. The summed E-state index contributed by atoms with van der Waals surface area (Å²) in [5.74, 6) is 0.186. The molecule has 1 unspecified atom stereocenters. The van der Waals surface area contributed by atoms with Crippen LogP contribution in [0, 0.1) is 5.41 Å². The third kappa shape index (κ3) is 3.02. The SMILES string of the molecule is COCC1(C(=O)NC2CCN(C)C2)CCNCC1. The Bertz CT molecular complexity index is 284. The average molecular weight is 255 g/mol. The van der Waals surface area contributed by atoms with Gasteiger partial charge >= 0.3 is 0 Å². The Morgan fingerprint density at radius 1 is 1.50 bits per heavy atom. The van der Waals surface area contributed by atoms with Gasteiger partial charge in [-0.25, -0.2) is 0 Å². The van der Waals surface area contributed by atoms with E-state index in [-0.39, 0.29) is 11.3 Å². The maximum atomic E-state index is 12.5. The number of rotatable bonds is 4. The fraction of sp³-hybridized carbons (Fsp3) is 0.923. The average Bonchev–Trinajstić information content (AvgIpc) is 2.76. The second-order valence-corrected chi connectivity index (χ2v) is 5.68. The standard InChI is InChI=1S/C13H25N3O2/c1-16-8-3-11(9-16)15-12(17)13(10-18-2)4-6-14-7-5-13/h11,14H,3-10H2,1-2H3,(H,15,17). The number of nitrogens with one attached hydrogen (secondary N) is 2. The number of likely N-dealkylation sites (tertiary alicyclic amines) is 1. The summed E-state index contributed by atoms with van der Waals surface area (Å²) in [6.45, 7) is 4.38. The van der Waals surface area contributed by atoms with Gasteiger partial charge in [0, 0.05) is 19.7 Å². The van der Waals surface area contributed by atoms with Gasteiger partial charge in [0.1, 0.15) is 0 Å². The number of nitrogens with zero attached hydrogens (tertiary/aromatic N) is 1. The first-order chi connectivity index (χ1) is 8.66. The maximum Gasteiger partial charge on any atom is 0.228 e. The molecule has 18 heavy (non-hydrogen) atoms. The first-order valence-electron chi connectivity index (χ1n) is 6.85. The van der Waals surface area contributed by atoms with E-state index in [9.17, 15) is 4.79 Å². The lowest BCUT2D eigenvalue weighted by molar-refractivity contribution is -0.136. The zero-order valence-electron chi connectivity index (χ0n) is 11.5.